The van der Waals surface area contributed by atoms with Crippen LogP contribution in [0.3, 0.4) is 0 Å². The third-order valence-corrected chi connectivity index (χ3v) is 8.83. The lowest BCUT2D eigenvalue weighted by molar-refractivity contribution is -0.122. The number of ether oxygens (including phenoxy) is 2. The Balaban J connectivity index is 1.18. The van der Waals surface area contributed by atoms with E-state index in [1.807, 2.05) is 0 Å². The van der Waals surface area contributed by atoms with E-state index < -0.39 is 55.1 Å². The van der Waals surface area contributed by atoms with E-state index in [0.29, 0.717) is 17.6 Å². The molecule has 4 aromatic heterocycles. The normalized spacial score (nSPS) is 29.6. The molecule has 3 amide bonds. The lowest BCUT2D eigenvalue weighted by Gasteiger charge is -2.24. The van der Waals surface area contributed by atoms with E-state index in [4.69, 9.17) is 20.9 Å². The zero-order chi connectivity index (χ0) is 35.8. The summed E-state index contributed by atoms with van der Waals surface area (Å²) in [5.41, 5.74) is 12.9. The molecule has 0 aromatic carbocycles. The highest BCUT2D eigenvalue weighted by molar-refractivity contribution is 5.83. The first-order chi connectivity index (χ1) is 24.6. The molecular formula is C29H36N14O8. The van der Waals surface area contributed by atoms with Gasteiger partial charge in [-0.05, 0) is 12.3 Å². The molecule has 3 aliphatic rings. The molecule has 0 aliphatic carbocycles. The van der Waals surface area contributed by atoms with Gasteiger partial charge < -0.3 is 57.3 Å². The number of aliphatic hydroxyl groups excluding tert-OH is 4. The standard InChI is InChI=1S/C29H36N14O8/c30-23-17-25(37-10-35-23)42(12-39-17)27-21(47)20(46)14(51-27)8-41-6-1-3-15-40-18-24(31)36-11-38-26(18)43(15)28-22(48)19(45)13(50-28)7-34-29(49)33-5-2-4-32-16(44)9-41/h10-14,19-22,27-28,45-48H,2,4-9H2,(H,32,44)(H2,30,35,37)(H2,31,36,38)(H2,33,34,49)/t13-,14-,19-,20-,21-,22-,27-,28-/m1/s1. The second kappa shape index (κ2) is 14.2. The van der Waals surface area contributed by atoms with Gasteiger partial charge in [-0.25, -0.2) is 34.7 Å². The summed E-state index contributed by atoms with van der Waals surface area (Å²) >= 11 is 0. The molecule has 8 atom stereocenters. The maximum Gasteiger partial charge on any atom is 0.314 e. The predicted octanol–water partition coefficient (Wildman–Crippen LogP) is -4.46. The molecule has 2 fully saturated rings. The van der Waals surface area contributed by atoms with Crippen LogP contribution in [0.4, 0.5) is 16.4 Å². The summed E-state index contributed by atoms with van der Waals surface area (Å²) in [6, 6.07) is -0.533. The number of carbonyl (C=O) groups is 2. The highest BCUT2D eigenvalue weighted by atomic mass is 16.6. The summed E-state index contributed by atoms with van der Waals surface area (Å²) < 4.78 is 15.0. The number of fused-ring (bicyclic) bond motifs is 7. The van der Waals surface area contributed by atoms with E-state index >= 15 is 0 Å². The van der Waals surface area contributed by atoms with Crippen molar-refractivity contribution in [1.82, 2.24) is 59.9 Å². The first kappa shape index (κ1) is 34.2. The van der Waals surface area contributed by atoms with Crippen molar-refractivity contribution in [2.24, 2.45) is 0 Å². The van der Waals surface area contributed by atoms with Crippen LogP contribution in [0.2, 0.25) is 0 Å². The van der Waals surface area contributed by atoms with E-state index in [1.165, 1.54) is 28.1 Å². The van der Waals surface area contributed by atoms with Crippen molar-refractivity contribution >= 4 is 45.9 Å². The number of aliphatic hydroxyl groups is 4. The Morgan fingerprint density at radius 1 is 0.843 bits per heavy atom. The number of hydrogen-bond donors (Lipinski definition) is 9. The lowest BCUT2D eigenvalue weighted by Crippen LogP contribution is -2.45. The van der Waals surface area contributed by atoms with Crippen LogP contribution in [-0.2, 0) is 14.3 Å². The molecular weight excluding hydrogens is 672 g/mol. The van der Waals surface area contributed by atoms with Gasteiger partial charge in [0.1, 0.15) is 54.8 Å². The summed E-state index contributed by atoms with van der Waals surface area (Å²) in [6.07, 6.45) is -5.64. The number of anilines is 2. The molecule has 2 saturated heterocycles. The number of rotatable bonds is 3. The zero-order valence-corrected chi connectivity index (χ0v) is 26.9. The molecule has 2 bridgehead atoms. The first-order valence-electron chi connectivity index (χ1n) is 16.0. The summed E-state index contributed by atoms with van der Waals surface area (Å²) in [6.45, 7) is 0.0670. The number of nitrogens with two attached hydrogens (primary N) is 2. The molecule has 51 heavy (non-hydrogen) atoms. The fourth-order valence-corrected chi connectivity index (χ4v) is 6.24. The molecule has 22 nitrogen and oxygen atoms in total. The number of nitrogens with zero attached hydrogens (tertiary/aromatic N) is 9. The highest BCUT2D eigenvalue weighted by Gasteiger charge is 2.46. The number of aromatic nitrogens is 8. The number of hydrogen-bond acceptors (Lipinski definition) is 17. The number of carbonyl (C=O) groups excluding carboxylic acids is 2. The first-order valence-corrected chi connectivity index (χ1v) is 16.0. The zero-order valence-electron chi connectivity index (χ0n) is 26.9. The molecule has 0 radical (unpaired) electrons. The van der Waals surface area contributed by atoms with Crippen molar-refractivity contribution in [2.45, 2.75) is 55.5 Å². The molecule has 7 heterocycles. The monoisotopic (exact) mass is 708 g/mol. The Labute approximate surface area is 288 Å². The van der Waals surface area contributed by atoms with Crippen LogP contribution >= 0.6 is 0 Å². The Morgan fingerprint density at radius 2 is 1.57 bits per heavy atom. The van der Waals surface area contributed by atoms with E-state index in [0.717, 1.165) is 0 Å². The molecule has 4 aromatic rings. The van der Waals surface area contributed by atoms with Gasteiger partial charge in [-0.3, -0.25) is 18.8 Å². The second-order valence-electron chi connectivity index (χ2n) is 12.2. The number of imidazole rings is 2. The summed E-state index contributed by atoms with van der Waals surface area (Å²) in [5, 5.41) is 52.0. The molecule has 0 saturated carbocycles. The SMILES string of the molecule is Nc1ncnc2c1ncn2[C@@H]1O[C@H](CN2CC#Cc3nc4c(N)ncnc4n3[C@@H]3O[C@H](CNC(=O)NCCCNC(=O)C2)[C@@H](O)[C@H]3O)[C@@H](O)[C@H]1O. The van der Waals surface area contributed by atoms with Crippen LogP contribution in [0, 0.1) is 11.8 Å². The fourth-order valence-electron chi connectivity index (χ4n) is 6.24. The Hall–Kier alpha value is -5.28. The summed E-state index contributed by atoms with van der Waals surface area (Å²) in [4.78, 5) is 52.1. The maximum absolute atomic E-state index is 13.0. The Bertz CT molecular complexity index is 2000. The van der Waals surface area contributed by atoms with Crippen molar-refractivity contribution in [3.8, 4) is 11.8 Å². The van der Waals surface area contributed by atoms with Gasteiger partial charge in [-0.15, -0.1) is 0 Å². The fraction of sp³-hybridized carbons (Fsp3) is 0.517. The molecule has 3 aliphatic heterocycles. The predicted molar refractivity (Wildman–Crippen MR) is 174 cm³/mol. The topological polar surface area (TPSA) is 312 Å². The number of amides is 3. The molecule has 11 N–H and O–H groups in total. The van der Waals surface area contributed by atoms with Gasteiger partial charge in [0.2, 0.25) is 5.91 Å². The van der Waals surface area contributed by atoms with Gasteiger partial charge in [-0.1, -0.05) is 5.92 Å². The Morgan fingerprint density at radius 3 is 2.37 bits per heavy atom. The third-order valence-electron chi connectivity index (χ3n) is 8.83. The molecule has 22 heteroatoms. The van der Waals surface area contributed by atoms with Crippen molar-refractivity contribution in [2.75, 3.05) is 50.7 Å². The summed E-state index contributed by atoms with van der Waals surface area (Å²) in [5.74, 6) is 5.77. The van der Waals surface area contributed by atoms with Crippen molar-refractivity contribution in [3.05, 3.63) is 24.8 Å². The van der Waals surface area contributed by atoms with Crippen LogP contribution in [0.5, 0.6) is 0 Å². The van der Waals surface area contributed by atoms with Crippen LogP contribution in [0.25, 0.3) is 22.3 Å². The van der Waals surface area contributed by atoms with Crippen molar-refractivity contribution in [1.29, 1.82) is 0 Å². The van der Waals surface area contributed by atoms with Crippen LogP contribution < -0.4 is 27.4 Å². The largest absolute Gasteiger partial charge is 0.387 e. The average Bonchev–Trinajstić information content (AvgIpc) is 3.84. The number of urea groups is 1. The quantitative estimate of drug-likeness (QED) is 0.0906. The van der Waals surface area contributed by atoms with E-state index in [-0.39, 0.29) is 73.8 Å². The smallest absolute Gasteiger partial charge is 0.314 e. The number of nitrogens with one attached hydrogen (secondary N) is 3. The van der Waals surface area contributed by atoms with E-state index in [2.05, 4.69) is 57.7 Å². The third kappa shape index (κ3) is 6.66. The van der Waals surface area contributed by atoms with Crippen LogP contribution in [-0.4, -0.2) is 152 Å². The lowest BCUT2D eigenvalue weighted by atomic mass is 10.1. The van der Waals surface area contributed by atoms with Gasteiger partial charge in [0.25, 0.3) is 0 Å². The number of nitrogen functional groups attached to an aromatic ring is 2. The molecule has 7 rings (SSSR count). The van der Waals surface area contributed by atoms with Gasteiger partial charge in [0.15, 0.2) is 46.7 Å². The average molecular weight is 709 g/mol. The molecule has 0 unspecified atom stereocenters. The van der Waals surface area contributed by atoms with Gasteiger partial charge >= 0.3 is 6.03 Å². The minimum Gasteiger partial charge on any atom is -0.387 e. The Kier molecular flexibility index (Phi) is 9.48. The minimum atomic E-state index is -1.46. The highest BCUT2D eigenvalue weighted by Crippen LogP contribution is 2.34. The van der Waals surface area contributed by atoms with Crippen LogP contribution in [0.15, 0.2) is 19.0 Å². The van der Waals surface area contributed by atoms with Crippen LogP contribution in [0.1, 0.15) is 24.7 Å². The summed E-state index contributed by atoms with van der Waals surface area (Å²) in [7, 11) is 0. The van der Waals surface area contributed by atoms with Gasteiger partial charge in [0, 0.05) is 26.2 Å². The van der Waals surface area contributed by atoms with E-state index in [1.54, 1.807) is 4.90 Å². The van der Waals surface area contributed by atoms with Crippen molar-refractivity contribution in [3.63, 3.8) is 0 Å². The van der Waals surface area contributed by atoms with E-state index in [9.17, 15) is 30.0 Å². The second-order valence-corrected chi connectivity index (χ2v) is 12.2. The molecule has 270 valence electrons. The maximum atomic E-state index is 13.0. The van der Waals surface area contributed by atoms with Gasteiger partial charge in [0.05, 0.1) is 19.4 Å². The molecule has 0 spiro atoms. The minimum absolute atomic E-state index is 0.0396. The van der Waals surface area contributed by atoms with Crippen molar-refractivity contribution < 1.29 is 39.5 Å². The van der Waals surface area contributed by atoms with Gasteiger partial charge in [-0.2, -0.15) is 0 Å².